The molecule has 2 heterocycles. The molecule has 1 aromatic heterocycles. The van der Waals surface area contributed by atoms with E-state index in [-0.39, 0.29) is 11.9 Å². The largest absolute Gasteiger partial charge is 0.336 e. The van der Waals surface area contributed by atoms with Crippen LogP contribution < -0.4 is 5.32 Å². The highest BCUT2D eigenvalue weighted by molar-refractivity contribution is 5.93. The Hall–Kier alpha value is -1.36. The van der Waals surface area contributed by atoms with E-state index in [0.717, 1.165) is 32.5 Å². The Labute approximate surface area is 108 Å². The molecular formula is C13H22N4O. The van der Waals surface area contributed by atoms with Crippen LogP contribution in [0.25, 0.3) is 0 Å². The zero-order valence-electron chi connectivity index (χ0n) is 11.1. The topological polar surface area (TPSA) is 61.0 Å². The molecule has 0 unspecified atom stereocenters. The lowest BCUT2D eigenvalue weighted by atomic mass is 9.97. The minimum absolute atomic E-state index is 0.0808. The molecule has 5 nitrogen and oxygen atoms in total. The van der Waals surface area contributed by atoms with Crippen molar-refractivity contribution in [1.82, 2.24) is 20.4 Å². The van der Waals surface area contributed by atoms with Gasteiger partial charge in [-0.25, -0.2) is 0 Å². The van der Waals surface area contributed by atoms with Crippen LogP contribution >= 0.6 is 0 Å². The van der Waals surface area contributed by atoms with E-state index in [1.807, 2.05) is 4.90 Å². The number of amides is 1. The Morgan fingerprint density at radius 1 is 1.50 bits per heavy atom. The number of H-pyrrole nitrogens is 1. The van der Waals surface area contributed by atoms with Crippen molar-refractivity contribution < 1.29 is 4.79 Å². The summed E-state index contributed by atoms with van der Waals surface area (Å²) in [5.74, 6) is 0.696. The van der Waals surface area contributed by atoms with Crippen LogP contribution in [0.5, 0.6) is 0 Å². The molecule has 0 atom stereocenters. The number of rotatable bonds is 4. The van der Waals surface area contributed by atoms with Crippen molar-refractivity contribution in [1.29, 1.82) is 0 Å². The average molecular weight is 250 g/mol. The number of carbonyl (C=O) groups excluding carboxylic acids is 1. The van der Waals surface area contributed by atoms with Crippen LogP contribution in [0.2, 0.25) is 0 Å². The highest BCUT2D eigenvalue weighted by Gasteiger charge is 2.24. The lowest BCUT2D eigenvalue weighted by Gasteiger charge is -2.32. The molecule has 1 aromatic rings. The molecule has 0 spiro atoms. The molecule has 0 saturated carbocycles. The highest BCUT2D eigenvalue weighted by Crippen LogP contribution is 2.17. The van der Waals surface area contributed by atoms with Crippen molar-refractivity contribution in [3.05, 3.63) is 18.0 Å². The third-order valence-corrected chi connectivity index (χ3v) is 3.54. The second-order valence-electron chi connectivity index (χ2n) is 5.23. The molecule has 0 aliphatic carbocycles. The Morgan fingerprint density at radius 3 is 2.78 bits per heavy atom. The van der Waals surface area contributed by atoms with Crippen LogP contribution in [0, 0.1) is 5.92 Å². The van der Waals surface area contributed by atoms with Crippen molar-refractivity contribution in [2.24, 2.45) is 5.92 Å². The summed E-state index contributed by atoms with van der Waals surface area (Å²) in [5.41, 5.74) is 0.651. The Balaban J connectivity index is 2.01. The number of hydrogen-bond acceptors (Lipinski definition) is 3. The summed E-state index contributed by atoms with van der Waals surface area (Å²) in [6.45, 7) is 7.12. The van der Waals surface area contributed by atoms with Gasteiger partial charge in [-0.2, -0.15) is 5.10 Å². The minimum Gasteiger partial charge on any atom is -0.336 e. The van der Waals surface area contributed by atoms with Gasteiger partial charge in [0.2, 0.25) is 0 Å². The highest BCUT2D eigenvalue weighted by atomic mass is 16.2. The maximum atomic E-state index is 12.4. The van der Waals surface area contributed by atoms with Crippen molar-refractivity contribution in [3.63, 3.8) is 0 Å². The first-order chi connectivity index (χ1) is 8.68. The smallest absolute Gasteiger partial charge is 0.257 e. The summed E-state index contributed by atoms with van der Waals surface area (Å²) < 4.78 is 0. The number of nitrogens with one attached hydrogen (secondary N) is 2. The van der Waals surface area contributed by atoms with Gasteiger partial charge in [0.05, 0.1) is 11.8 Å². The summed E-state index contributed by atoms with van der Waals surface area (Å²) in [4.78, 5) is 14.3. The second-order valence-corrected chi connectivity index (χ2v) is 5.23. The lowest BCUT2D eigenvalue weighted by Crippen LogP contribution is -2.42. The van der Waals surface area contributed by atoms with Crippen LogP contribution in [-0.2, 0) is 0 Å². The summed E-state index contributed by atoms with van der Waals surface area (Å²) in [6, 6.07) is 0.224. The molecule has 1 saturated heterocycles. The van der Waals surface area contributed by atoms with Gasteiger partial charge < -0.3 is 10.2 Å². The first kappa shape index (κ1) is 13.1. The number of hydrogen-bond donors (Lipinski definition) is 2. The minimum atomic E-state index is 0.0808. The molecule has 2 rings (SSSR count). The van der Waals surface area contributed by atoms with Crippen molar-refractivity contribution in [3.8, 4) is 0 Å². The maximum Gasteiger partial charge on any atom is 0.257 e. The van der Waals surface area contributed by atoms with E-state index in [1.165, 1.54) is 0 Å². The lowest BCUT2D eigenvalue weighted by molar-refractivity contribution is 0.0658. The summed E-state index contributed by atoms with van der Waals surface area (Å²) >= 11 is 0. The zero-order valence-corrected chi connectivity index (χ0v) is 11.1. The van der Waals surface area contributed by atoms with Crippen LogP contribution in [-0.4, -0.2) is 46.7 Å². The van der Waals surface area contributed by atoms with E-state index in [2.05, 4.69) is 29.4 Å². The number of piperidine rings is 1. The van der Waals surface area contributed by atoms with Gasteiger partial charge in [-0.15, -0.1) is 0 Å². The number of aromatic nitrogens is 2. The van der Waals surface area contributed by atoms with Crippen LogP contribution in [0.1, 0.15) is 37.0 Å². The molecule has 1 aliphatic rings. The summed E-state index contributed by atoms with van der Waals surface area (Å²) in [7, 11) is 0. The Morgan fingerprint density at radius 2 is 2.22 bits per heavy atom. The molecule has 0 aromatic carbocycles. The molecule has 100 valence electrons. The third kappa shape index (κ3) is 3.10. The predicted octanol–water partition coefficient (Wildman–Crippen LogP) is 1.26. The van der Waals surface area contributed by atoms with Gasteiger partial charge in [0.15, 0.2) is 0 Å². The average Bonchev–Trinajstić information content (AvgIpc) is 2.90. The maximum absolute atomic E-state index is 12.4. The van der Waals surface area contributed by atoms with Crippen LogP contribution in [0.15, 0.2) is 12.4 Å². The normalized spacial score (nSPS) is 17.1. The fourth-order valence-electron chi connectivity index (χ4n) is 2.40. The molecule has 0 bridgehead atoms. The third-order valence-electron chi connectivity index (χ3n) is 3.54. The van der Waals surface area contributed by atoms with E-state index < -0.39 is 0 Å². The van der Waals surface area contributed by atoms with E-state index in [1.54, 1.807) is 12.4 Å². The van der Waals surface area contributed by atoms with Gasteiger partial charge in [0.25, 0.3) is 5.91 Å². The van der Waals surface area contributed by atoms with Crippen molar-refractivity contribution in [2.45, 2.75) is 32.7 Å². The Bertz CT molecular complexity index is 368. The van der Waals surface area contributed by atoms with E-state index >= 15 is 0 Å². The Kier molecular flexibility index (Phi) is 4.36. The number of nitrogens with zero attached hydrogens (tertiary/aromatic N) is 2. The van der Waals surface area contributed by atoms with E-state index in [0.29, 0.717) is 11.5 Å². The van der Waals surface area contributed by atoms with Crippen molar-refractivity contribution >= 4 is 5.91 Å². The molecule has 18 heavy (non-hydrogen) atoms. The standard InChI is InChI=1S/C13H22N4O/c1-10(2)17(9-11-3-5-14-6-4-11)13(18)12-7-15-16-8-12/h7-8,10-11,14H,3-6,9H2,1-2H3,(H,15,16). The van der Waals surface area contributed by atoms with Crippen molar-refractivity contribution in [2.75, 3.05) is 19.6 Å². The summed E-state index contributed by atoms with van der Waals surface area (Å²) in [6.07, 6.45) is 5.57. The van der Waals surface area contributed by atoms with Crippen LogP contribution in [0.4, 0.5) is 0 Å². The molecule has 0 radical (unpaired) electrons. The number of carbonyl (C=O) groups is 1. The zero-order chi connectivity index (χ0) is 13.0. The van der Waals surface area contributed by atoms with E-state index in [9.17, 15) is 4.79 Å². The molecule has 1 fully saturated rings. The van der Waals surface area contributed by atoms with Gasteiger partial charge >= 0.3 is 0 Å². The summed E-state index contributed by atoms with van der Waals surface area (Å²) in [5, 5.41) is 9.91. The SMILES string of the molecule is CC(C)N(CC1CCNCC1)C(=O)c1cn[nH]c1. The van der Waals surface area contributed by atoms with Gasteiger partial charge in [0, 0.05) is 18.8 Å². The second kappa shape index (κ2) is 6.00. The molecule has 2 N–H and O–H groups in total. The van der Waals surface area contributed by atoms with Gasteiger partial charge in [-0.1, -0.05) is 0 Å². The first-order valence-electron chi connectivity index (χ1n) is 6.69. The van der Waals surface area contributed by atoms with Crippen LogP contribution in [0.3, 0.4) is 0 Å². The molecular weight excluding hydrogens is 228 g/mol. The molecule has 1 aliphatic heterocycles. The van der Waals surface area contributed by atoms with Gasteiger partial charge in [0.1, 0.15) is 0 Å². The van der Waals surface area contributed by atoms with Gasteiger partial charge in [-0.3, -0.25) is 9.89 Å². The number of aromatic amines is 1. The predicted molar refractivity (Wildman–Crippen MR) is 70.4 cm³/mol. The monoisotopic (exact) mass is 250 g/mol. The first-order valence-corrected chi connectivity index (χ1v) is 6.69. The molecule has 5 heteroatoms. The fraction of sp³-hybridized carbons (Fsp3) is 0.692. The fourth-order valence-corrected chi connectivity index (χ4v) is 2.40. The molecule has 1 amide bonds. The van der Waals surface area contributed by atoms with Gasteiger partial charge in [-0.05, 0) is 45.7 Å². The van der Waals surface area contributed by atoms with E-state index in [4.69, 9.17) is 0 Å². The quantitative estimate of drug-likeness (QED) is 0.845.